The Balaban J connectivity index is 3.46. The summed E-state index contributed by atoms with van der Waals surface area (Å²) in [6, 6.07) is 1.07. The highest BCUT2D eigenvalue weighted by Gasteiger charge is 2.29. The van der Waals surface area contributed by atoms with Crippen molar-refractivity contribution in [3.63, 3.8) is 0 Å². The highest BCUT2D eigenvalue weighted by atomic mass is 79.9. The van der Waals surface area contributed by atoms with Crippen LogP contribution in [0.4, 0.5) is 4.39 Å². The van der Waals surface area contributed by atoms with Crippen LogP contribution in [0.25, 0.3) is 0 Å². The van der Waals surface area contributed by atoms with Crippen molar-refractivity contribution in [3.8, 4) is 11.5 Å². The molecule has 0 amide bonds. The molecule has 0 aromatic heterocycles. The highest BCUT2D eigenvalue weighted by molar-refractivity contribution is 9.10. The van der Waals surface area contributed by atoms with Crippen LogP contribution in [0.2, 0.25) is 0 Å². The summed E-state index contributed by atoms with van der Waals surface area (Å²) in [6.45, 7) is 0. The Bertz CT molecular complexity index is 463. The van der Waals surface area contributed by atoms with E-state index >= 15 is 0 Å². The molecule has 0 saturated carbocycles. The van der Waals surface area contributed by atoms with Crippen LogP contribution in [-0.4, -0.2) is 32.4 Å². The van der Waals surface area contributed by atoms with Gasteiger partial charge >= 0.3 is 5.97 Å². The third-order valence-electron chi connectivity index (χ3n) is 2.28. The highest BCUT2D eigenvalue weighted by Crippen LogP contribution is 2.42. The van der Waals surface area contributed by atoms with Crippen LogP contribution in [0.1, 0.15) is 11.7 Å². The fraction of sp³-hybridized carbons (Fsp3) is 0.364. The maximum atomic E-state index is 13.8. The van der Waals surface area contributed by atoms with Gasteiger partial charge in [-0.2, -0.15) is 0 Å². The number of benzene rings is 1. The second-order valence-corrected chi connectivity index (χ2v) is 4.10. The molecule has 100 valence electrons. The molecule has 1 rings (SSSR count). The molecule has 0 heterocycles. The molecular formula is C11H12BrFO5. The molecular weight excluding hydrogens is 311 g/mol. The predicted octanol–water partition coefficient (Wildman–Crippen LogP) is 1.81. The fourth-order valence-corrected chi connectivity index (χ4v) is 2.01. The average molecular weight is 323 g/mol. The van der Waals surface area contributed by atoms with E-state index in [1.165, 1.54) is 14.2 Å². The molecule has 0 aliphatic heterocycles. The Hall–Kier alpha value is -1.34. The van der Waals surface area contributed by atoms with Crippen molar-refractivity contribution >= 4 is 21.9 Å². The van der Waals surface area contributed by atoms with Crippen molar-refractivity contribution in [1.82, 2.24) is 0 Å². The summed E-state index contributed by atoms with van der Waals surface area (Å²) in [4.78, 5) is 11.3. The minimum Gasteiger partial charge on any atom is -0.492 e. The number of ether oxygens (including phenoxy) is 3. The lowest BCUT2D eigenvalue weighted by Gasteiger charge is -2.17. The smallest absolute Gasteiger partial charge is 0.339 e. The SMILES string of the molecule is COC(=O)C(O)c1c(F)cc(Br)c(OC)c1OC. The molecule has 18 heavy (non-hydrogen) atoms. The number of esters is 1. The number of aliphatic hydroxyl groups is 1. The molecule has 0 fully saturated rings. The Morgan fingerprint density at radius 2 is 1.89 bits per heavy atom. The summed E-state index contributed by atoms with van der Waals surface area (Å²) in [6.07, 6.45) is -1.79. The Kier molecular flexibility index (Phi) is 4.92. The number of carbonyl (C=O) groups is 1. The Labute approximate surface area is 112 Å². The van der Waals surface area contributed by atoms with Gasteiger partial charge in [-0.05, 0) is 22.0 Å². The van der Waals surface area contributed by atoms with E-state index in [-0.39, 0.29) is 17.1 Å². The Morgan fingerprint density at radius 1 is 1.33 bits per heavy atom. The van der Waals surface area contributed by atoms with Crippen LogP contribution >= 0.6 is 15.9 Å². The summed E-state index contributed by atoms with van der Waals surface area (Å²) in [5, 5.41) is 9.73. The molecule has 1 aromatic rings. The third kappa shape index (κ3) is 2.56. The first-order valence-corrected chi connectivity index (χ1v) is 5.63. The van der Waals surface area contributed by atoms with Gasteiger partial charge < -0.3 is 19.3 Å². The van der Waals surface area contributed by atoms with Gasteiger partial charge in [0.1, 0.15) is 5.82 Å². The molecule has 0 spiro atoms. The van der Waals surface area contributed by atoms with Gasteiger partial charge in [-0.1, -0.05) is 0 Å². The number of hydrogen-bond acceptors (Lipinski definition) is 5. The van der Waals surface area contributed by atoms with E-state index in [1.807, 2.05) is 0 Å². The summed E-state index contributed by atoms with van der Waals surface area (Å²) < 4.78 is 28.5. The second kappa shape index (κ2) is 6.01. The second-order valence-electron chi connectivity index (χ2n) is 3.25. The molecule has 0 saturated heterocycles. The van der Waals surface area contributed by atoms with Crippen LogP contribution in [0.5, 0.6) is 11.5 Å². The lowest BCUT2D eigenvalue weighted by atomic mass is 10.1. The number of hydrogen-bond donors (Lipinski definition) is 1. The zero-order valence-electron chi connectivity index (χ0n) is 9.99. The zero-order valence-corrected chi connectivity index (χ0v) is 11.6. The number of methoxy groups -OCH3 is 3. The summed E-state index contributed by atoms with van der Waals surface area (Å²) in [5.74, 6) is -1.69. The van der Waals surface area contributed by atoms with Gasteiger partial charge in [0.05, 0.1) is 31.4 Å². The van der Waals surface area contributed by atoms with Gasteiger partial charge in [0.25, 0.3) is 0 Å². The van der Waals surface area contributed by atoms with E-state index < -0.39 is 17.9 Å². The van der Waals surface area contributed by atoms with Crippen LogP contribution in [0, 0.1) is 5.82 Å². The van der Waals surface area contributed by atoms with Crippen LogP contribution < -0.4 is 9.47 Å². The van der Waals surface area contributed by atoms with E-state index in [0.717, 1.165) is 13.2 Å². The molecule has 1 atom stereocenters. The van der Waals surface area contributed by atoms with Gasteiger partial charge in [-0.3, -0.25) is 0 Å². The van der Waals surface area contributed by atoms with Crippen LogP contribution in [0.15, 0.2) is 10.5 Å². The van der Waals surface area contributed by atoms with Gasteiger partial charge in [-0.25, -0.2) is 9.18 Å². The summed E-state index contributed by atoms with van der Waals surface area (Å²) in [5.41, 5.74) is -0.329. The quantitative estimate of drug-likeness (QED) is 0.856. The number of carbonyl (C=O) groups excluding carboxylic acids is 1. The van der Waals surface area contributed by atoms with E-state index in [9.17, 15) is 14.3 Å². The van der Waals surface area contributed by atoms with Crippen LogP contribution in [-0.2, 0) is 9.53 Å². The standard InChI is InChI=1S/C11H12BrFO5/c1-16-9-5(12)4-6(13)7(10(9)17-2)8(14)11(15)18-3/h4,8,14H,1-3H3. The lowest BCUT2D eigenvalue weighted by molar-refractivity contribution is -0.151. The van der Waals surface area contributed by atoms with Crippen molar-refractivity contribution in [1.29, 1.82) is 0 Å². The molecule has 0 bridgehead atoms. The normalized spacial score (nSPS) is 11.9. The molecule has 1 N–H and O–H groups in total. The molecule has 0 aliphatic rings. The van der Waals surface area contributed by atoms with Crippen LogP contribution in [0.3, 0.4) is 0 Å². The molecule has 0 aliphatic carbocycles. The van der Waals surface area contributed by atoms with Crippen molar-refractivity contribution in [2.24, 2.45) is 0 Å². The van der Waals surface area contributed by atoms with Gasteiger partial charge in [0.15, 0.2) is 17.6 Å². The lowest BCUT2D eigenvalue weighted by Crippen LogP contribution is -2.16. The minimum absolute atomic E-state index is 0.0673. The Morgan fingerprint density at radius 3 is 2.33 bits per heavy atom. The molecule has 7 heteroatoms. The summed E-state index contributed by atoms with van der Waals surface area (Å²) in [7, 11) is 3.72. The van der Waals surface area contributed by atoms with Crippen molar-refractivity contribution in [2.45, 2.75) is 6.10 Å². The first kappa shape index (κ1) is 14.7. The van der Waals surface area contributed by atoms with Crippen molar-refractivity contribution < 1.29 is 28.5 Å². The van der Waals surface area contributed by atoms with Crippen molar-refractivity contribution in [3.05, 3.63) is 21.9 Å². The number of halogens is 2. The molecule has 0 radical (unpaired) electrons. The van der Waals surface area contributed by atoms with Gasteiger partial charge in [0, 0.05) is 0 Å². The zero-order chi connectivity index (χ0) is 13.9. The minimum atomic E-state index is -1.79. The average Bonchev–Trinajstić information content (AvgIpc) is 2.36. The maximum absolute atomic E-state index is 13.8. The first-order valence-electron chi connectivity index (χ1n) is 4.83. The topological polar surface area (TPSA) is 65.0 Å². The first-order chi connectivity index (χ1) is 8.47. The molecule has 5 nitrogen and oxygen atoms in total. The third-order valence-corrected chi connectivity index (χ3v) is 2.87. The maximum Gasteiger partial charge on any atom is 0.339 e. The monoisotopic (exact) mass is 322 g/mol. The van der Waals surface area contributed by atoms with E-state index in [2.05, 4.69) is 20.7 Å². The number of aliphatic hydroxyl groups excluding tert-OH is 1. The van der Waals surface area contributed by atoms with E-state index in [4.69, 9.17) is 9.47 Å². The number of rotatable bonds is 4. The van der Waals surface area contributed by atoms with Crippen molar-refractivity contribution in [2.75, 3.05) is 21.3 Å². The van der Waals surface area contributed by atoms with Gasteiger partial charge in [0.2, 0.25) is 0 Å². The molecule has 1 aromatic carbocycles. The largest absolute Gasteiger partial charge is 0.492 e. The molecule has 1 unspecified atom stereocenters. The van der Waals surface area contributed by atoms with Gasteiger partial charge in [-0.15, -0.1) is 0 Å². The predicted molar refractivity (Wildman–Crippen MR) is 64.2 cm³/mol. The van der Waals surface area contributed by atoms with E-state index in [1.54, 1.807) is 0 Å². The fourth-order valence-electron chi connectivity index (χ4n) is 1.47. The van der Waals surface area contributed by atoms with E-state index in [0.29, 0.717) is 4.47 Å². The summed E-state index contributed by atoms with van der Waals surface area (Å²) >= 11 is 3.09.